The number of nitrogens with zero attached hydrogens (tertiary/aromatic N) is 1. The molecular weight excluding hydrogens is 599 g/mol. The van der Waals surface area contributed by atoms with Gasteiger partial charge in [-0.25, -0.2) is 0 Å². The van der Waals surface area contributed by atoms with E-state index in [9.17, 15) is 4.79 Å². The highest BCUT2D eigenvalue weighted by molar-refractivity contribution is 6.48. The number of nitrogens with one attached hydrogen (secondary N) is 1. The Hall–Kier alpha value is -3.17. The molecule has 1 saturated heterocycles. The van der Waals surface area contributed by atoms with E-state index >= 15 is 0 Å². The van der Waals surface area contributed by atoms with Crippen LogP contribution in [0, 0.1) is 17.3 Å². The second-order valence-electron chi connectivity index (χ2n) is 14.3. The van der Waals surface area contributed by atoms with Crippen molar-refractivity contribution in [2.45, 2.75) is 82.7 Å². The first-order valence-corrected chi connectivity index (χ1v) is 16.8. The second kappa shape index (κ2) is 12.5. The number of ether oxygens (including phenoxy) is 1. The highest BCUT2D eigenvalue weighted by Crippen LogP contribution is 2.65. The molecule has 3 saturated carbocycles. The fraction of sp³-hybridized carbons (Fsp3) is 0.459. The van der Waals surface area contributed by atoms with Crippen molar-refractivity contribution in [3.63, 3.8) is 0 Å². The quantitative estimate of drug-likeness (QED) is 0.239. The number of rotatable bonds is 11. The Balaban J connectivity index is 1.10. The van der Waals surface area contributed by atoms with Crippen molar-refractivity contribution in [3.05, 3.63) is 107 Å². The monoisotopic (exact) mass is 640 g/mol. The average Bonchev–Trinajstić information content (AvgIpc) is 3.63. The topological polar surface area (TPSA) is 78.4 Å². The van der Waals surface area contributed by atoms with E-state index in [0.717, 1.165) is 23.1 Å². The van der Waals surface area contributed by atoms with Gasteiger partial charge in [-0.2, -0.15) is 0 Å². The Morgan fingerprint density at radius 2 is 1.70 bits per heavy atom. The molecule has 4 fully saturated rings. The van der Waals surface area contributed by atoms with Crippen molar-refractivity contribution in [1.82, 2.24) is 5.32 Å². The zero-order valence-electron chi connectivity index (χ0n) is 26.8. The molecule has 9 heteroatoms. The number of oxime groups is 1. The summed E-state index contributed by atoms with van der Waals surface area (Å²) < 4.78 is 19.6. The molecule has 0 spiro atoms. The molecule has 2 aliphatic heterocycles. The van der Waals surface area contributed by atoms with Gasteiger partial charge in [0, 0.05) is 17.9 Å². The van der Waals surface area contributed by atoms with E-state index in [1.54, 1.807) is 0 Å². The predicted octanol–water partition coefficient (Wildman–Crippen LogP) is 6.61. The number of benzene rings is 3. The van der Waals surface area contributed by atoms with Gasteiger partial charge in [-0.05, 0) is 72.3 Å². The summed E-state index contributed by atoms with van der Waals surface area (Å²) in [4.78, 5) is 20.6. The minimum absolute atomic E-state index is 0.0111. The van der Waals surface area contributed by atoms with Crippen LogP contribution >= 0.6 is 11.6 Å². The maximum atomic E-state index is 14.5. The molecule has 3 aromatic carbocycles. The smallest absolute Gasteiger partial charge is 0.404 e. The lowest BCUT2D eigenvalue weighted by Crippen LogP contribution is -2.65. The molecule has 7 nitrogen and oxygen atoms in total. The van der Waals surface area contributed by atoms with E-state index in [1.165, 1.54) is 6.42 Å². The fourth-order valence-electron chi connectivity index (χ4n) is 8.21. The summed E-state index contributed by atoms with van der Waals surface area (Å²) in [5.41, 5.74) is 2.34. The molecule has 2 heterocycles. The fourth-order valence-corrected chi connectivity index (χ4v) is 8.43. The summed E-state index contributed by atoms with van der Waals surface area (Å²) in [7, 11) is -0.578. The zero-order valence-corrected chi connectivity index (χ0v) is 27.5. The van der Waals surface area contributed by atoms with Crippen molar-refractivity contribution in [1.29, 1.82) is 0 Å². The highest BCUT2D eigenvalue weighted by atomic mass is 35.5. The minimum Gasteiger partial charge on any atom is -0.404 e. The van der Waals surface area contributed by atoms with Gasteiger partial charge in [0.05, 0.1) is 36.6 Å². The standard InChI is InChI=1S/C37H42BClN2O5/c1-35(2)28-19-31(35)36(3)32(20-28)44-38(45-36)33(18-25-11-6-4-7-12-25)40-34(42)37(21-26-13-8-5-9-14-26)22-30(41-46-37)24-43-23-27-15-10-16-29(39)17-27/h4-17,28,31-33H,18-24H2,1-3H3,(H,40,42)/t28-,31-,32+,33-,36-,37?/m0/s1. The molecule has 8 rings (SSSR count). The first kappa shape index (κ1) is 31.4. The maximum absolute atomic E-state index is 14.5. The second-order valence-corrected chi connectivity index (χ2v) is 14.7. The summed E-state index contributed by atoms with van der Waals surface area (Å²) in [6, 6.07) is 27.7. The molecule has 1 unspecified atom stereocenters. The van der Waals surface area contributed by atoms with Crippen LogP contribution in [-0.4, -0.2) is 48.6 Å². The molecule has 6 atom stereocenters. The normalized spacial score (nSPS) is 29.7. The van der Waals surface area contributed by atoms with Crippen molar-refractivity contribution < 1.29 is 23.7 Å². The molecule has 1 amide bonds. The van der Waals surface area contributed by atoms with Crippen LogP contribution < -0.4 is 5.32 Å². The van der Waals surface area contributed by atoms with Crippen LogP contribution in [-0.2, 0) is 43.1 Å². The molecule has 0 aromatic heterocycles. The molecular formula is C37H42BClN2O5. The molecule has 1 N–H and O–H groups in total. The summed E-state index contributed by atoms with van der Waals surface area (Å²) in [6.45, 7) is 7.55. The summed E-state index contributed by atoms with van der Waals surface area (Å²) in [5.74, 6) is 0.407. The van der Waals surface area contributed by atoms with Gasteiger partial charge < -0.3 is 24.2 Å². The van der Waals surface area contributed by atoms with Crippen LogP contribution in [0.3, 0.4) is 0 Å². The predicted molar refractivity (Wildman–Crippen MR) is 179 cm³/mol. The van der Waals surface area contributed by atoms with E-state index < -0.39 is 18.7 Å². The van der Waals surface area contributed by atoms with Gasteiger partial charge in [-0.15, -0.1) is 0 Å². The van der Waals surface area contributed by atoms with Crippen molar-refractivity contribution in [2.24, 2.45) is 22.4 Å². The average molecular weight is 641 g/mol. The molecule has 3 aliphatic carbocycles. The maximum Gasteiger partial charge on any atom is 0.482 e. The number of halogens is 1. The Labute approximate surface area is 277 Å². The first-order valence-electron chi connectivity index (χ1n) is 16.4. The lowest BCUT2D eigenvalue weighted by atomic mass is 9.43. The van der Waals surface area contributed by atoms with Gasteiger partial charge in [0.25, 0.3) is 5.91 Å². The lowest BCUT2D eigenvalue weighted by Gasteiger charge is -2.64. The van der Waals surface area contributed by atoms with Crippen LogP contribution in [0.1, 0.15) is 56.7 Å². The molecule has 0 radical (unpaired) electrons. The van der Waals surface area contributed by atoms with E-state index in [1.807, 2.05) is 72.8 Å². The van der Waals surface area contributed by atoms with Crippen LogP contribution in [0.4, 0.5) is 0 Å². The van der Waals surface area contributed by atoms with E-state index in [2.05, 4.69) is 43.4 Å². The Morgan fingerprint density at radius 1 is 0.978 bits per heavy atom. The van der Waals surface area contributed by atoms with Gasteiger partial charge in [-0.1, -0.05) is 103 Å². The number of carbonyl (C=O) groups excluding carboxylic acids is 1. The van der Waals surface area contributed by atoms with Gasteiger partial charge >= 0.3 is 7.12 Å². The Morgan fingerprint density at radius 3 is 2.41 bits per heavy atom. The van der Waals surface area contributed by atoms with Crippen LogP contribution in [0.25, 0.3) is 0 Å². The molecule has 3 aromatic rings. The number of amides is 1. The molecule has 5 aliphatic rings. The third-order valence-corrected chi connectivity index (χ3v) is 11.2. The summed E-state index contributed by atoms with van der Waals surface area (Å²) >= 11 is 6.14. The third-order valence-electron chi connectivity index (χ3n) is 10.9. The molecule has 240 valence electrons. The Bertz CT molecular complexity index is 1590. The zero-order chi connectivity index (χ0) is 31.9. The largest absolute Gasteiger partial charge is 0.482 e. The third kappa shape index (κ3) is 6.01. The van der Waals surface area contributed by atoms with Gasteiger partial charge in [0.15, 0.2) is 0 Å². The van der Waals surface area contributed by atoms with Gasteiger partial charge in [-0.3, -0.25) is 4.79 Å². The molecule has 2 bridgehead atoms. The number of hydrogen-bond donors (Lipinski definition) is 1. The van der Waals surface area contributed by atoms with Crippen molar-refractivity contribution in [3.8, 4) is 0 Å². The van der Waals surface area contributed by atoms with Gasteiger partial charge in [0.2, 0.25) is 5.60 Å². The molecule has 46 heavy (non-hydrogen) atoms. The van der Waals surface area contributed by atoms with Crippen molar-refractivity contribution >= 4 is 30.3 Å². The highest BCUT2D eigenvalue weighted by Gasteiger charge is 2.68. The number of carbonyl (C=O) groups is 1. The first-order chi connectivity index (χ1) is 22.1. The van der Waals surface area contributed by atoms with Crippen molar-refractivity contribution in [2.75, 3.05) is 6.61 Å². The van der Waals surface area contributed by atoms with Crippen LogP contribution in [0.5, 0.6) is 0 Å². The minimum atomic E-state index is -1.23. The van der Waals surface area contributed by atoms with Crippen LogP contribution in [0.15, 0.2) is 90.1 Å². The van der Waals surface area contributed by atoms with E-state index in [-0.39, 0.29) is 29.6 Å². The van der Waals surface area contributed by atoms with Crippen LogP contribution in [0.2, 0.25) is 5.02 Å². The summed E-state index contributed by atoms with van der Waals surface area (Å²) in [6.07, 6.45) is 3.40. The SMILES string of the molecule is CC1(C)[C@@H]2C[C@H]3OB([C@H](Cc4ccccc4)NC(=O)C4(Cc5ccccc5)CC(COCc5cccc(Cl)c5)=NO4)O[C@@]3(C)[C@H]1C2. The van der Waals surface area contributed by atoms with E-state index in [0.29, 0.717) is 48.4 Å². The lowest BCUT2D eigenvalue weighted by molar-refractivity contribution is -0.199. The van der Waals surface area contributed by atoms with E-state index in [4.69, 9.17) is 30.5 Å². The summed E-state index contributed by atoms with van der Waals surface area (Å²) in [5, 5.41) is 8.40. The van der Waals surface area contributed by atoms with Gasteiger partial charge in [0.1, 0.15) is 0 Å². The number of hydrogen-bond acceptors (Lipinski definition) is 6. The Kier molecular flexibility index (Phi) is 8.51.